The van der Waals surface area contributed by atoms with Crippen LogP contribution in [0.3, 0.4) is 0 Å². The Kier molecular flexibility index (Phi) is 2.49. The Balaban J connectivity index is 2.23. The van der Waals surface area contributed by atoms with Crippen LogP contribution in [0.2, 0.25) is 0 Å². The molecule has 1 aliphatic rings. The van der Waals surface area contributed by atoms with Crippen LogP contribution in [0.15, 0.2) is 0 Å². The maximum absolute atomic E-state index is 5.54. The predicted molar refractivity (Wildman–Crippen MR) is 39.2 cm³/mol. The molecule has 1 rings (SSSR count). The molecule has 54 valence electrons. The van der Waals surface area contributed by atoms with Crippen molar-refractivity contribution in [2.75, 3.05) is 13.1 Å². The molecule has 0 spiro atoms. The van der Waals surface area contributed by atoms with E-state index in [1.165, 1.54) is 12.8 Å². The molecule has 0 aliphatic carbocycles. The maximum Gasteiger partial charge on any atom is 0.00418 e. The first kappa shape index (κ1) is 7.03. The van der Waals surface area contributed by atoms with Crippen molar-refractivity contribution in [1.29, 1.82) is 0 Å². The lowest BCUT2D eigenvalue weighted by Gasteiger charge is -2.26. The van der Waals surface area contributed by atoms with Crippen LogP contribution >= 0.6 is 0 Å². The molecule has 1 fully saturated rings. The van der Waals surface area contributed by atoms with Crippen LogP contribution in [-0.2, 0) is 0 Å². The molecule has 0 bridgehead atoms. The van der Waals surface area contributed by atoms with Gasteiger partial charge in [0.1, 0.15) is 0 Å². The zero-order valence-electron chi connectivity index (χ0n) is 6.06. The van der Waals surface area contributed by atoms with E-state index in [1.54, 1.807) is 0 Å². The fourth-order valence-corrected chi connectivity index (χ4v) is 1.45. The predicted octanol–water partition coefficient (Wildman–Crippen LogP) is 0.333. The van der Waals surface area contributed by atoms with Crippen LogP contribution in [-0.4, -0.2) is 19.1 Å². The topological polar surface area (TPSA) is 38.0 Å². The molecule has 0 aromatic carbocycles. The first-order valence-electron chi connectivity index (χ1n) is 3.76. The van der Waals surface area contributed by atoms with Crippen LogP contribution < -0.4 is 11.1 Å². The van der Waals surface area contributed by atoms with Gasteiger partial charge in [-0.15, -0.1) is 0 Å². The van der Waals surface area contributed by atoms with Gasteiger partial charge in [0.2, 0.25) is 0 Å². The standard InChI is InChI=1S/C7H16N2/c1-6-4-7(5-8)2-3-9-6/h6-7,9H,2-5,8H2,1H3/t6-,7-/m0/s1. The van der Waals surface area contributed by atoms with E-state index < -0.39 is 0 Å². The SMILES string of the molecule is C[C@H]1C[C@@H](CN)CCN1. The monoisotopic (exact) mass is 128 g/mol. The Morgan fingerprint density at radius 1 is 1.67 bits per heavy atom. The van der Waals surface area contributed by atoms with Crippen LogP contribution in [0.25, 0.3) is 0 Å². The Labute approximate surface area is 56.8 Å². The molecule has 1 aliphatic heterocycles. The molecular weight excluding hydrogens is 112 g/mol. The molecule has 1 heterocycles. The molecule has 2 heteroatoms. The summed E-state index contributed by atoms with van der Waals surface area (Å²) in [6.07, 6.45) is 2.53. The Hall–Kier alpha value is -0.0800. The van der Waals surface area contributed by atoms with Gasteiger partial charge < -0.3 is 11.1 Å². The lowest BCUT2D eigenvalue weighted by atomic mass is 9.94. The van der Waals surface area contributed by atoms with Crippen molar-refractivity contribution < 1.29 is 0 Å². The molecule has 9 heavy (non-hydrogen) atoms. The van der Waals surface area contributed by atoms with Crippen molar-refractivity contribution in [1.82, 2.24) is 5.32 Å². The highest BCUT2D eigenvalue weighted by Crippen LogP contribution is 2.13. The van der Waals surface area contributed by atoms with Gasteiger partial charge in [0.25, 0.3) is 0 Å². The quantitative estimate of drug-likeness (QED) is 0.534. The summed E-state index contributed by atoms with van der Waals surface area (Å²) in [4.78, 5) is 0. The Bertz CT molecular complexity index is 83.0. The highest BCUT2D eigenvalue weighted by atomic mass is 14.9. The van der Waals surface area contributed by atoms with E-state index in [2.05, 4.69) is 12.2 Å². The highest BCUT2D eigenvalue weighted by molar-refractivity contribution is 4.74. The van der Waals surface area contributed by atoms with Gasteiger partial charge >= 0.3 is 0 Å². The fourth-order valence-electron chi connectivity index (χ4n) is 1.45. The minimum atomic E-state index is 0.687. The molecular formula is C7H16N2. The van der Waals surface area contributed by atoms with Crippen molar-refractivity contribution in [2.24, 2.45) is 11.7 Å². The van der Waals surface area contributed by atoms with Gasteiger partial charge in [0.05, 0.1) is 0 Å². The second-order valence-corrected chi connectivity index (χ2v) is 2.98. The summed E-state index contributed by atoms with van der Waals surface area (Å²) in [5.74, 6) is 0.779. The minimum absolute atomic E-state index is 0.687. The first-order chi connectivity index (χ1) is 4.33. The van der Waals surface area contributed by atoms with Crippen LogP contribution in [0.4, 0.5) is 0 Å². The smallest absolute Gasteiger partial charge is 0.00418 e. The van der Waals surface area contributed by atoms with Gasteiger partial charge in [-0.25, -0.2) is 0 Å². The zero-order chi connectivity index (χ0) is 6.69. The summed E-state index contributed by atoms with van der Waals surface area (Å²) in [5.41, 5.74) is 5.54. The Morgan fingerprint density at radius 3 is 2.89 bits per heavy atom. The molecule has 0 radical (unpaired) electrons. The van der Waals surface area contributed by atoms with E-state index in [0.29, 0.717) is 6.04 Å². The lowest BCUT2D eigenvalue weighted by molar-refractivity contribution is 0.322. The summed E-state index contributed by atoms with van der Waals surface area (Å²) in [5, 5.41) is 3.39. The second-order valence-electron chi connectivity index (χ2n) is 2.98. The van der Waals surface area contributed by atoms with E-state index >= 15 is 0 Å². The number of rotatable bonds is 1. The molecule has 2 atom stereocenters. The number of hydrogen-bond acceptors (Lipinski definition) is 2. The summed E-state index contributed by atoms with van der Waals surface area (Å²) in [6.45, 7) is 4.25. The normalized spacial score (nSPS) is 36.7. The van der Waals surface area contributed by atoms with Gasteiger partial charge in [-0.3, -0.25) is 0 Å². The van der Waals surface area contributed by atoms with E-state index in [4.69, 9.17) is 5.73 Å². The molecule has 0 amide bonds. The third kappa shape index (κ3) is 1.95. The van der Waals surface area contributed by atoms with Gasteiger partial charge in [-0.1, -0.05) is 0 Å². The third-order valence-electron chi connectivity index (χ3n) is 2.07. The van der Waals surface area contributed by atoms with Crippen molar-refractivity contribution in [2.45, 2.75) is 25.8 Å². The van der Waals surface area contributed by atoms with Crippen LogP contribution in [0.5, 0.6) is 0 Å². The van der Waals surface area contributed by atoms with E-state index in [0.717, 1.165) is 19.0 Å². The molecule has 0 unspecified atom stereocenters. The number of nitrogens with two attached hydrogens (primary N) is 1. The van der Waals surface area contributed by atoms with E-state index in [1.807, 2.05) is 0 Å². The number of hydrogen-bond donors (Lipinski definition) is 2. The van der Waals surface area contributed by atoms with E-state index in [9.17, 15) is 0 Å². The van der Waals surface area contributed by atoms with Crippen molar-refractivity contribution in [3.63, 3.8) is 0 Å². The molecule has 3 N–H and O–H groups in total. The first-order valence-corrected chi connectivity index (χ1v) is 3.76. The van der Waals surface area contributed by atoms with E-state index in [-0.39, 0.29) is 0 Å². The van der Waals surface area contributed by atoms with Gasteiger partial charge in [-0.2, -0.15) is 0 Å². The average Bonchev–Trinajstić information content (AvgIpc) is 1.88. The van der Waals surface area contributed by atoms with Crippen LogP contribution in [0.1, 0.15) is 19.8 Å². The minimum Gasteiger partial charge on any atom is -0.330 e. The van der Waals surface area contributed by atoms with Crippen molar-refractivity contribution >= 4 is 0 Å². The van der Waals surface area contributed by atoms with Crippen molar-refractivity contribution in [3.8, 4) is 0 Å². The summed E-state index contributed by atoms with van der Waals surface area (Å²) >= 11 is 0. The van der Waals surface area contributed by atoms with Crippen molar-refractivity contribution in [3.05, 3.63) is 0 Å². The lowest BCUT2D eigenvalue weighted by Crippen LogP contribution is -2.38. The molecule has 0 aromatic rings. The third-order valence-corrected chi connectivity index (χ3v) is 2.07. The number of nitrogens with one attached hydrogen (secondary N) is 1. The number of piperidine rings is 1. The Morgan fingerprint density at radius 2 is 2.44 bits per heavy atom. The average molecular weight is 128 g/mol. The molecule has 2 nitrogen and oxygen atoms in total. The summed E-state index contributed by atoms with van der Waals surface area (Å²) < 4.78 is 0. The van der Waals surface area contributed by atoms with Gasteiger partial charge in [0, 0.05) is 6.04 Å². The maximum atomic E-state index is 5.54. The highest BCUT2D eigenvalue weighted by Gasteiger charge is 2.15. The largest absolute Gasteiger partial charge is 0.330 e. The van der Waals surface area contributed by atoms with Gasteiger partial charge in [-0.05, 0) is 38.8 Å². The van der Waals surface area contributed by atoms with Gasteiger partial charge in [0.15, 0.2) is 0 Å². The zero-order valence-corrected chi connectivity index (χ0v) is 6.06. The van der Waals surface area contributed by atoms with Crippen LogP contribution in [0, 0.1) is 5.92 Å². The fraction of sp³-hybridized carbons (Fsp3) is 1.00. The summed E-state index contributed by atoms with van der Waals surface area (Å²) in [7, 11) is 0. The molecule has 0 saturated carbocycles. The summed E-state index contributed by atoms with van der Waals surface area (Å²) in [6, 6.07) is 0.687. The molecule has 0 aromatic heterocycles. The second kappa shape index (κ2) is 3.18. The molecule has 1 saturated heterocycles.